The van der Waals surface area contributed by atoms with Crippen molar-refractivity contribution in [2.24, 2.45) is 0 Å². The van der Waals surface area contributed by atoms with Crippen LogP contribution in [0.3, 0.4) is 0 Å². The lowest BCUT2D eigenvalue weighted by atomic mass is 10.1. The molecule has 0 bridgehead atoms. The number of ether oxygens (including phenoxy) is 1. The van der Waals surface area contributed by atoms with Gasteiger partial charge in [-0.15, -0.1) is 0 Å². The van der Waals surface area contributed by atoms with Gasteiger partial charge in [-0.25, -0.2) is 4.79 Å². The number of aliphatic hydroxyl groups is 1. The fraction of sp³-hybridized carbons (Fsp3) is 0.533. The van der Waals surface area contributed by atoms with Gasteiger partial charge >= 0.3 is 5.97 Å². The van der Waals surface area contributed by atoms with Gasteiger partial charge in [-0.1, -0.05) is 0 Å². The Bertz CT molecular complexity index is 425. The van der Waals surface area contributed by atoms with Crippen LogP contribution in [0.2, 0.25) is 0 Å². The molecule has 0 aliphatic carbocycles. The predicted molar refractivity (Wildman–Crippen MR) is 78.0 cm³/mol. The summed E-state index contributed by atoms with van der Waals surface area (Å²) < 4.78 is 5.52. The molecular weight excluding hydrogens is 256 g/mol. The molecule has 5 nitrogen and oxygen atoms in total. The number of aliphatic hydroxyl groups excluding tert-OH is 1. The second-order valence-corrected chi connectivity index (χ2v) is 5.14. The molecule has 2 N–H and O–H groups in total. The summed E-state index contributed by atoms with van der Waals surface area (Å²) in [6, 6.07) is 7.13. The largest absolute Gasteiger partial charge is 0.459 e. The molecule has 1 aromatic rings. The van der Waals surface area contributed by atoms with Gasteiger partial charge in [0.1, 0.15) is 6.10 Å². The molecule has 1 aliphatic heterocycles. The molecule has 0 amide bonds. The highest BCUT2D eigenvalue weighted by Gasteiger charge is 2.20. The van der Waals surface area contributed by atoms with Crippen LogP contribution in [0.15, 0.2) is 24.3 Å². The lowest BCUT2D eigenvalue weighted by Crippen LogP contribution is -2.35. The number of hydrogen-bond donors (Lipinski definition) is 2. The van der Waals surface area contributed by atoms with Crippen molar-refractivity contribution in [2.75, 3.05) is 38.6 Å². The molecule has 1 heterocycles. The summed E-state index contributed by atoms with van der Waals surface area (Å²) in [5.74, 6) is -0.256. The zero-order chi connectivity index (χ0) is 14.4. The van der Waals surface area contributed by atoms with Crippen LogP contribution in [0.1, 0.15) is 23.2 Å². The standard InChI is InChI=1S/C15H22N2O3/c1-17-9-6-14(7-10-17)20-15(19)12-2-4-13(5-3-12)16-8-11-18/h2-5,14,16,18H,6-11H2,1H3. The van der Waals surface area contributed by atoms with E-state index in [1.807, 2.05) is 12.1 Å². The van der Waals surface area contributed by atoms with Crippen molar-refractivity contribution in [3.05, 3.63) is 29.8 Å². The number of carbonyl (C=O) groups is 1. The molecule has 20 heavy (non-hydrogen) atoms. The molecule has 1 aromatic carbocycles. The quantitative estimate of drug-likeness (QED) is 0.796. The molecule has 110 valence electrons. The molecule has 0 spiro atoms. The van der Waals surface area contributed by atoms with Gasteiger partial charge in [-0.2, -0.15) is 0 Å². The highest BCUT2D eigenvalue weighted by molar-refractivity contribution is 5.89. The van der Waals surface area contributed by atoms with Crippen molar-refractivity contribution in [2.45, 2.75) is 18.9 Å². The van der Waals surface area contributed by atoms with Crippen molar-refractivity contribution in [1.82, 2.24) is 4.90 Å². The highest BCUT2D eigenvalue weighted by atomic mass is 16.5. The van der Waals surface area contributed by atoms with Gasteiger partial charge in [0, 0.05) is 25.3 Å². The van der Waals surface area contributed by atoms with Gasteiger partial charge in [0.15, 0.2) is 0 Å². The van der Waals surface area contributed by atoms with Gasteiger partial charge in [-0.3, -0.25) is 0 Å². The first-order chi connectivity index (χ1) is 9.69. The van der Waals surface area contributed by atoms with Crippen molar-refractivity contribution in [1.29, 1.82) is 0 Å². The SMILES string of the molecule is CN1CCC(OC(=O)c2ccc(NCCO)cc2)CC1. The first-order valence-corrected chi connectivity index (χ1v) is 7.03. The van der Waals surface area contributed by atoms with Crippen LogP contribution in [0, 0.1) is 0 Å². The minimum atomic E-state index is -0.256. The number of esters is 1. The average Bonchev–Trinajstić information content (AvgIpc) is 2.48. The number of piperidine rings is 1. The second kappa shape index (κ2) is 7.26. The van der Waals surface area contributed by atoms with Crippen LogP contribution in [0.4, 0.5) is 5.69 Å². The Labute approximate surface area is 119 Å². The Morgan fingerprint density at radius 1 is 1.35 bits per heavy atom. The Hall–Kier alpha value is -1.59. The lowest BCUT2D eigenvalue weighted by Gasteiger charge is -2.28. The van der Waals surface area contributed by atoms with E-state index in [1.165, 1.54) is 0 Å². The molecule has 1 saturated heterocycles. The number of anilines is 1. The number of benzene rings is 1. The van der Waals surface area contributed by atoms with Crippen LogP contribution in [0.5, 0.6) is 0 Å². The average molecular weight is 278 g/mol. The topological polar surface area (TPSA) is 61.8 Å². The summed E-state index contributed by atoms with van der Waals surface area (Å²) in [4.78, 5) is 14.3. The zero-order valence-electron chi connectivity index (χ0n) is 11.8. The monoisotopic (exact) mass is 278 g/mol. The molecule has 0 atom stereocenters. The fourth-order valence-corrected chi connectivity index (χ4v) is 2.25. The third kappa shape index (κ3) is 4.21. The number of hydrogen-bond acceptors (Lipinski definition) is 5. The van der Waals surface area contributed by atoms with E-state index < -0.39 is 0 Å². The summed E-state index contributed by atoms with van der Waals surface area (Å²) >= 11 is 0. The van der Waals surface area contributed by atoms with Gasteiger partial charge in [0.2, 0.25) is 0 Å². The third-order valence-electron chi connectivity index (χ3n) is 3.50. The Morgan fingerprint density at radius 2 is 2.00 bits per heavy atom. The summed E-state index contributed by atoms with van der Waals surface area (Å²) in [5.41, 5.74) is 1.45. The van der Waals surface area contributed by atoms with E-state index in [2.05, 4.69) is 17.3 Å². The smallest absolute Gasteiger partial charge is 0.338 e. The second-order valence-electron chi connectivity index (χ2n) is 5.14. The molecule has 2 rings (SSSR count). The van der Waals surface area contributed by atoms with Crippen LogP contribution in [-0.2, 0) is 4.74 Å². The first kappa shape index (κ1) is 14.8. The van der Waals surface area contributed by atoms with E-state index in [4.69, 9.17) is 9.84 Å². The Balaban J connectivity index is 1.85. The normalized spacial score (nSPS) is 16.9. The molecule has 0 saturated carbocycles. The third-order valence-corrected chi connectivity index (χ3v) is 3.50. The summed E-state index contributed by atoms with van der Waals surface area (Å²) in [6.45, 7) is 2.53. The van der Waals surface area contributed by atoms with E-state index in [0.29, 0.717) is 12.1 Å². The Kier molecular flexibility index (Phi) is 5.38. The van der Waals surface area contributed by atoms with Gasteiger partial charge in [0.05, 0.1) is 12.2 Å². The summed E-state index contributed by atoms with van der Waals surface area (Å²) in [5, 5.41) is 11.8. The van der Waals surface area contributed by atoms with E-state index in [9.17, 15) is 4.79 Å². The molecule has 0 aromatic heterocycles. The molecule has 0 unspecified atom stereocenters. The fourth-order valence-electron chi connectivity index (χ4n) is 2.25. The minimum Gasteiger partial charge on any atom is -0.459 e. The lowest BCUT2D eigenvalue weighted by molar-refractivity contribution is 0.0139. The number of rotatable bonds is 5. The van der Waals surface area contributed by atoms with Gasteiger partial charge in [-0.05, 0) is 44.2 Å². The maximum Gasteiger partial charge on any atom is 0.338 e. The zero-order valence-corrected chi connectivity index (χ0v) is 11.8. The van der Waals surface area contributed by atoms with Gasteiger partial charge < -0.3 is 20.1 Å². The predicted octanol–water partition coefficient (Wildman–Crippen LogP) is 1.34. The number of nitrogens with one attached hydrogen (secondary N) is 1. The summed E-state index contributed by atoms with van der Waals surface area (Å²) in [7, 11) is 2.08. The maximum atomic E-state index is 12.0. The molecule has 5 heteroatoms. The van der Waals surface area contributed by atoms with E-state index in [1.54, 1.807) is 12.1 Å². The van der Waals surface area contributed by atoms with Crippen molar-refractivity contribution < 1.29 is 14.6 Å². The van der Waals surface area contributed by atoms with Crippen LogP contribution < -0.4 is 5.32 Å². The van der Waals surface area contributed by atoms with Gasteiger partial charge in [0.25, 0.3) is 0 Å². The summed E-state index contributed by atoms with van der Waals surface area (Å²) in [6.07, 6.45) is 1.84. The Morgan fingerprint density at radius 3 is 2.60 bits per heavy atom. The van der Waals surface area contributed by atoms with Crippen LogP contribution in [-0.4, -0.2) is 55.4 Å². The first-order valence-electron chi connectivity index (χ1n) is 7.03. The van der Waals surface area contributed by atoms with E-state index >= 15 is 0 Å². The number of likely N-dealkylation sites (tertiary alicyclic amines) is 1. The van der Waals surface area contributed by atoms with Crippen LogP contribution in [0.25, 0.3) is 0 Å². The van der Waals surface area contributed by atoms with Crippen molar-refractivity contribution in [3.8, 4) is 0 Å². The molecule has 1 fully saturated rings. The minimum absolute atomic E-state index is 0.0332. The van der Waals surface area contributed by atoms with Crippen LogP contribution >= 0.6 is 0 Å². The highest BCUT2D eigenvalue weighted by Crippen LogP contribution is 2.16. The van der Waals surface area contributed by atoms with Crippen molar-refractivity contribution in [3.63, 3.8) is 0 Å². The van der Waals surface area contributed by atoms with E-state index in [0.717, 1.165) is 31.6 Å². The van der Waals surface area contributed by atoms with Crippen molar-refractivity contribution >= 4 is 11.7 Å². The molecular formula is C15H22N2O3. The molecule has 1 aliphatic rings. The maximum absolute atomic E-state index is 12.0. The molecule has 0 radical (unpaired) electrons. The number of carbonyl (C=O) groups excluding carboxylic acids is 1. The van der Waals surface area contributed by atoms with E-state index in [-0.39, 0.29) is 18.7 Å². The number of nitrogens with zero attached hydrogens (tertiary/aromatic N) is 1.